The largest absolute Gasteiger partial charge is 0.314 e. The molecule has 0 saturated carbocycles. The molecule has 1 N–H and O–H groups in total. The van der Waals surface area contributed by atoms with Gasteiger partial charge in [0.15, 0.2) is 0 Å². The van der Waals surface area contributed by atoms with Crippen LogP contribution < -0.4 is 5.32 Å². The van der Waals surface area contributed by atoms with Crippen molar-refractivity contribution in [1.82, 2.24) is 5.32 Å². The zero-order valence-corrected chi connectivity index (χ0v) is 9.97. The summed E-state index contributed by atoms with van der Waals surface area (Å²) in [5.74, 6) is 1.33. The van der Waals surface area contributed by atoms with E-state index in [1.165, 1.54) is 0 Å². The second kappa shape index (κ2) is 11.5. The minimum Gasteiger partial charge on any atom is -0.314 e. The van der Waals surface area contributed by atoms with Crippen molar-refractivity contribution in [2.45, 2.75) is 0 Å². The van der Waals surface area contributed by atoms with Gasteiger partial charge in [0.1, 0.15) is 6.29 Å². The SMILES string of the molecule is ClCCNCCCl.O=Cc1ccccc1. The number of carbonyl (C=O) groups excluding carboxylic acids is 1. The highest BCUT2D eigenvalue weighted by molar-refractivity contribution is 6.18. The molecular weight excluding hydrogens is 233 g/mol. The Kier molecular flexibility index (Phi) is 11.1. The van der Waals surface area contributed by atoms with E-state index in [4.69, 9.17) is 23.2 Å². The normalized spacial score (nSPS) is 8.93. The van der Waals surface area contributed by atoms with E-state index in [0.29, 0.717) is 11.8 Å². The first kappa shape index (κ1) is 14.4. The van der Waals surface area contributed by atoms with Crippen LogP contribution in [0.5, 0.6) is 0 Å². The Bertz CT molecular complexity index is 238. The van der Waals surface area contributed by atoms with Gasteiger partial charge in [-0.3, -0.25) is 4.79 Å². The standard InChI is InChI=1S/C7H6O.C4H9Cl2N/c8-6-7-4-2-1-3-5-7;5-1-3-7-4-2-6/h1-6H;7H,1-4H2. The summed E-state index contributed by atoms with van der Waals surface area (Å²) in [7, 11) is 0. The van der Waals surface area contributed by atoms with Gasteiger partial charge in [0, 0.05) is 30.4 Å². The lowest BCUT2D eigenvalue weighted by atomic mass is 10.2. The third-order valence-electron chi connectivity index (χ3n) is 1.48. The number of benzene rings is 1. The van der Waals surface area contributed by atoms with E-state index >= 15 is 0 Å². The molecule has 0 atom stereocenters. The molecule has 2 nitrogen and oxygen atoms in total. The summed E-state index contributed by atoms with van der Waals surface area (Å²) in [6.07, 6.45) is 0.833. The van der Waals surface area contributed by atoms with Crippen molar-refractivity contribution < 1.29 is 4.79 Å². The van der Waals surface area contributed by atoms with Crippen LogP contribution in [0.15, 0.2) is 30.3 Å². The molecule has 4 heteroatoms. The van der Waals surface area contributed by atoms with Crippen LogP contribution in [-0.4, -0.2) is 31.1 Å². The van der Waals surface area contributed by atoms with Crippen LogP contribution in [0.4, 0.5) is 0 Å². The monoisotopic (exact) mass is 247 g/mol. The Morgan fingerprint density at radius 2 is 1.60 bits per heavy atom. The third kappa shape index (κ3) is 9.73. The molecular formula is C11H15Cl2NO. The summed E-state index contributed by atoms with van der Waals surface area (Å²) in [6.45, 7) is 1.71. The lowest BCUT2D eigenvalue weighted by Gasteiger charge is -1.93. The summed E-state index contributed by atoms with van der Waals surface area (Å²) >= 11 is 10.7. The highest BCUT2D eigenvalue weighted by atomic mass is 35.5. The quantitative estimate of drug-likeness (QED) is 0.493. The van der Waals surface area contributed by atoms with E-state index in [9.17, 15) is 4.79 Å². The minimum atomic E-state index is 0.664. The Balaban J connectivity index is 0.000000265. The maximum atomic E-state index is 10.0. The molecule has 0 radical (unpaired) electrons. The number of alkyl halides is 2. The van der Waals surface area contributed by atoms with Crippen LogP contribution in [0.25, 0.3) is 0 Å². The van der Waals surface area contributed by atoms with Gasteiger partial charge in [-0.15, -0.1) is 23.2 Å². The van der Waals surface area contributed by atoms with Crippen molar-refractivity contribution in [2.24, 2.45) is 0 Å². The van der Waals surface area contributed by atoms with Crippen molar-refractivity contribution in [3.05, 3.63) is 35.9 Å². The molecule has 0 heterocycles. The van der Waals surface area contributed by atoms with Gasteiger partial charge in [-0.2, -0.15) is 0 Å². The summed E-state index contributed by atoms with van der Waals surface area (Å²) in [5, 5.41) is 3.02. The van der Waals surface area contributed by atoms with E-state index in [-0.39, 0.29) is 0 Å². The van der Waals surface area contributed by atoms with E-state index < -0.39 is 0 Å². The number of aldehydes is 1. The molecule has 0 aliphatic heterocycles. The molecule has 0 unspecified atom stereocenters. The molecule has 0 aliphatic carbocycles. The molecule has 1 aromatic rings. The van der Waals surface area contributed by atoms with Gasteiger partial charge >= 0.3 is 0 Å². The number of rotatable bonds is 5. The van der Waals surface area contributed by atoms with Gasteiger partial charge in [0.05, 0.1) is 0 Å². The van der Waals surface area contributed by atoms with Crippen molar-refractivity contribution in [1.29, 1.82) is 0 Å². The van der Waals surface area contributed by atoms with Crippen LogP contribution in [0.3, 0.4) is 0 Å². The average molecular weight is 248 g/mol. The van der Waals surface area contributed by atoms with Crippen LogP contribution >= 0.6 is 23.2 Å². The Morgan fingerprint density at radius 1 is 1.07 bits per heavy atom. The first-order valence-electron chi connectivity index (χ1n) is 4.68. The summed E-state index contributed by atoms with van der Waals surface area (Å²) < 4.78 is 0. The van der Waals surface area contributed by atoms with E-state index in [1.54, 1.807) is 12.1 Å². The smallest absolute Gasteiger partial charge is 0.150 e. The van der Waals surface area contributed by atoms with E-state index in [1.807, 2.05) is 18.2 Å². The number of hydrogen-bond donors (Lipinski definition) is 1. The molecule has 0 amide bonds. The Labute approximate surface area is 101 Å². The first-order valence-corrected chi connectivity index (χ1v) is 5.75. The lowest BCUT2D eigenvalue weighted by Crippen LogP contribution is -2.18. The number of hydrogen-bond acceptors (Lipinski definition) is 2. The maximum Gasteiger partial charge on any atom is 0.150 e. The van der Waals surface area contributed by atoms with Gasteiger partial charge in [-0.05, 0) is 0 Å². The average Bonchev–Trinajstić information content (AvgIpc) is 2.32. The predicted molar refractivity (Wildman–Crippen MR) is 66.1 cm³/mol. The van der Waals surface area contributed by atoms with Gasteiger partial charge in [-0.1, -0.05) is 30.3 Å². The van der Waals surface area contributed by atoms with Crippen LogP contribution in [0, 0.1) is 0 Å². The molecule has 0 aliphatic rings. The zero-order chi connectivity index (χ0) is 11.4. The topological polar surface area (TPSA) is 29.1 Å². The predicted octanol–water partition coefficient (Wildman–Crippen LogP) is 2.55. The Hall–Kier alpha value is -0.570. The lowest BCUT2D eigenvalue weighted by molar-refractivity contribution is 0.112. The van der Waals surface area contributed by atoms with Gasteiger partial charge < -0.3 is 5.32 Å². The molecule has 0 saturated heterocycles. The van der Waals surface area contributed by atoms with Crippen molar-refractivity contribution >= 4 is 29.5 Å². The molecule has 0 fully saturated rings. The summed E-state index contributed by atoms with van der Waals surface area (Å²) in [6, 6.07) is 9.10. The zero-order valence-electron chi connectivity index (χ0n) is 8.46. The van der Waals surface area contributed by atoms with Crippen molar-refractivity contribution in [3.63, 3.8) is 0 Å². The summed E-state index contributed by atoms with van der Waals surface area (Å²) in [4.78, 5) is 10.0. The van der Waals surface area contributed by atoms with Gasteiger partial charge in [0.2, 0.25) is 0 Å². The van der Waals surface area contributed by atoms with Crippen LogP contribution in [0.2, 0.25) is 0 Å². The fourth-order valence-electron chi connectivity index (χ4n) is 0.790. The second-order valence-electron chi connectivity index (χ2n) is 2.66. The summed E-state index contributed by atoms with van der Waals surface area (Å²) in [5.41, 5.74) is 0.729. The first-order chi connectivity index (χ1) is 7.35. The van der Waals surface area contributed by atoms with E-state index in [0.717, 1.165) is 24.9 Å². The van der Waals surface area contributed by atoms with E-state index in [2.05, 4.69) is 5.32 Å². The molecule has 84 valence electrons. The Morgan fingerprint density at radius 3 is 1.93 bits per heavy atom. The van der Waals surface area contributed by atoms with Crippen molar-refractivity contribution in [2.75, 3.05) is 24.8 Å². The van der Waals surface area contributed by atoms with Gasteiger partial charge in [0.25, 0.3) is 0 Å². The molecule has 0 aromatic heterocycles. The highest BCUT2D eigenvalue weighted by Crippen LogP contribution is 1.91. The molecule has 1 aromatic carbocycles. The molecule has 1 rings (SSSR count). The maximum absolute atomic E-state index is 10.0. The number of nitrogens with one attached hydrogen (secondary N) is 1. The van der Waals surface area contributed by atoms with Gasteiger partial charge in [-0.25, -0.2) is 0 Å². The molecule has 0 spiro atoms. The number of halogens is 2. The minimum absolute atomic E-state index is 0.664. The number of carbonyl (C=O) groups is 1. The second-order valence-corrected chi connectivity index (χ2v) is 3.41. The molecule has 15 heavy (non-hydrogen) atoms. The highest BCUT2D eigenvalue weighted by Gasteiger charge is 1.80. The fraction of sp³-hybridized carbons (Fsp3) is 0.364. The van der Waals surface area contributed by atoms with Crippen LogP contribution in [-0.2, 0) is 0 Å². The van der Waals surface area contributed by atoms with Crippen molar-refractivity contribution in [3.8, 4) is 0 Å². The van der Waals surface area contributed by atoms with Crippen LogP contribution in [0.1, 0.15) is 10.4 Å². The fourth-order valence-corrected chi connectivity index (χ4v) is 1.06. The molecule has 0 bridgehead atoms. The third-order valence-corrected chi connectivity index (χ3v) is 1.86.